The van der Waals surface area contributed by atoms with Gasteiger partial charge >= 0.3 is 5.97 Å². The van der Waals surface area contributed by atoms with Gasteiger partial charge in [-0.2, -0.15) is 0 Å². The highest BCUT2D eigenvalue weighted by atomic mass is 16.4. The molecule has 178 valence electrons. The van der Waals surface area contributed by atoms with Crippen molar-refractivity contribution in [3.05, 3.63) is 30.1 Å². The Morgan fingerprint density at radius 2 is 1.97 bits per heavy atom. The van der Waals surface area contributed by atoms with Gasteiger partial charge in [0, 0.05) is 58.2 Å². The first-order chi connectivity index (χ1) is 15.2. The van der Waals surface area contributed by atoms with Gasteiger partial charge in [0.1, 0.15) is 0 Å². The van der Waals surface area contributed by atoms with Crippen molar-refractivity contribution in [1.82, 2.24) is 30.2 Å². The van der Waals surface area contributed by atoms with Crippen LogP contribution in [0.5, 0.6) is 0 Å². The fourth-order valence-electron chi connectivity index (χ4n) is 2.60. The van der Waals surface area contributed by atoms with Gasteiger partial charge in [-0.25, -0.2) is 9.97 Å². The number of carboxylic acids is 1. The number of nitrogens with zero attached hydrogens (tertiary/aromatic N) is 3. The summed E-state index contributed by atoms with van der Waals surface area (Å²) in [6.07, 6.45) is 7.97. The molecule has 2 aromatic rings. The minimum absolute atomic E-state index is 0.103. The molecular formula is C20H34N8O4. The van der Waals surface area contributed by atoms with Crippen LogP contribution in [0.25, 0.3) is 0 Å². The van der Waals surface area contributed by atoms with Crippen molar-refractivity contribution in [3.8, 4) is 0 Å². The van der Waals surface area contributed by atoms with Crippen molar-refractivity contribution in [2.24, 2.45) is 5.73 Å². The fraction of sp³-hybridized carbons (Fsp3) is 0.550. The molecule has 2 aromatic heterocycles. The van der Waals surface area contributed by atoms with Crippen molar-refractivity contribution in [3.63, 3.8) is 0 Å². The second-order valence-corrected chi connectivity index (χ2v) is 7.23. The number of aromatic amines is 2. The number of rotatable bonds is 12. The highest BCUT2D eigenvalue weighted by Crippen LogP contribution is 2.01. The van der Waals surface area contributed by atoms with Crippen LogP contribution in [-0.4, -0.2) is 73.9 Å². The lowest BCUT2D eigenvalue weighted by Gasteiger charge is -2.15. The van der Waals surface area contributed by atoms with Gasteiger partial charge in [-0.1, -0.05) is 6.92 Å². The van der Waals surface area contributed by atoms with E-state index in [1.54, 1.807) is 23.6 Å². The maximum atomic E-state index is 11.4. The number of nitrogens with two attached hydrogens (primary N) is 2. The van der Waals surface area contributed by atoms with Gasteiger partial charge in [-0.15, -0.1) is 0 Å². The molecule has 2 amide bonds. The zero-order valence-electron chi connectivity index (χ0n) is 18.6. The molecule has 8 N–H and O–H groups in total. The van der Waals surface area contributed by atoms with Gasteiger partial charge in [0.05, 0.1) is 23.8 Å². The normalized spacial score (nSPS) is 11.2. The predicted octanol–water partition coefficient (Wildman–Crippen LogP) is 0.0534. The Morgan fingerprint density at radius 1 is 1.22 bits per heavy atom. The molecular weight excluding hydrogens is 416 g/mol. The number of carbonyl (C=O) groups excluding carboxylic acids is 2. The minimum atomic E-state index is -0.954. The van der Waals surface area contributed by atoms with Crippen LogP contribution < -0.4 is 16.8 Å². The molecule has 12 nitrogen and oxygen atoms in total. The number of aromatic nitrogens is 4. The molecule has 0 bridgehead atoms. The lowest BCUT2D eigenvalue weighted by atomic mass is 10.1. The van der Waals surface area contributed by atoms with Crippen LogP contribution in [0.3, 0.4) is 0 Å². The monoisotopic (exact) mass is 450 g/mol. The summed E-state index contributed by atoms with van der Waals surface area (Å²) in [6.45, 7) is 3.12. The highest BCUT2D eigenvalue weighted by Gasteiger charge is 2.14. The van der Waals surface area contributed by atoms with Crippen LogP contribution in [0.15, 0.2) is 18.7 Å². The molecule has 32 heavy (non-hydrogen) atoms. The molecule has 0 aromatic carbocycles. The minimum Gasteiger partial charge on any atom is -0.481 e. The van der Waals surface area contributed by atoms with E-state index < -0.39 is 12.0 Å². The quantitative estimate of drug-likeness (QED) is 0.261. The van der Waals surface area contributed by atoms with Crippen molar-refractivity contribution in [1.29, 1.82) is 0 Å². The number of carbonyl (C=O) groups is 3. The van der Waals surface area contributed by atoms with E-state index in [4.69, 9.17) is 16.6 Å². The summed E-state index contributed by atoms with van der Waals surface area (Å²) in [5.74, 6) is -0.680. The van der Waals surface area contributed by atoms with Crippen LogP contribution in [0.2, 0.25) is 0 Å². The predicted molar refractivity (Wildman–Crippen MR) is 119 cm³/mol. The third-order valence-corrected chi connectivity index (χ3v) is 4.48. The molecule has 12 heteroatoms. The summed E-state index contributed by atoms with van der Waals surface area (Å²) < 4.78 is 0. The summed E-state index contributed by atoms with van der Waals surface area (Å²) in [7, 11) is 1.81. The van der Waals surface area contributed by atoms with Crippen molar-refractivity contribution < 1.29 is 19.5 Å². The number of H-pyrrole nitrogens is 2. The average Bonchev–Trinajstić information content (AvgIpc) is 3.42. The second kappa shape index (κ2) is 14.6. The molecule has 2 rings (SSSR count). The standard InChI is InChI=1S/C10H16N4O3.C10H18N4O/c11-8(1-2-9(15)16)10(17)13-4-3-7-5-12-6-14-7;1-3-4-9(15)14(2)6-5-8-7-12-10(11)13-8/h5-6,8H,1-4,11H2,(H,12,14)(H,13,17)(H,15,16);7H,3-6H2,1-2H3,(H3,11,12,13)/t8-;/m0./s1. The van der Waals surface area contributed by atoms with E-state index >= 15 is 0 Å². The van der Waals surface area contributed by atoms with Gasteiger partial charge in [0.15, 0.2) is 5.95 Å². The first kappa shape index (κ1) is 26.6. The van der Waals surface area contributed by atoms with E-state index in [1.165, 1.54) is 0 Å². The Bertz CT molecular complexity index is 821. The van der Waals surface area contributed by atoms with E-state index in [0.29, 0.717) is 31.9 Å². The largest absolute Gasteiger partial charge is 0.481 e. The number of likely N-dealkylation sites (N-methyl/N-ethyl adjacent to an activating group) is 1. The van der Waals surface area contributed by atoms with E-state index in [1.807, 2.05) is 14.0 Å². The number of nitrogens with one attached hydrogen (secondary N) is 3. The SMILES string of the molecule is CCCC(=O)N(C)CCc1c[nH]c(N)n1.N[C@@H](CCC(=O)O)C(=O)NCCc1c[nH]cn1. The zero-order valence-corrected chi connectivity index (χ0v) is 18.6. The number of nitrogen functional groups attached to an aromatic ring is 1. The third kappa shape index (κ3) is 11.1. The number of anilines is 1. The van der Waals surface area contributed by atoms with Crippen molar-refractivity contribution in [2.45, 2.75) is 51.5 Å². The first-order valence-electron chi connectivity index (χ1n) is 10.5. The second-order valence-electron chi connectivity index (χ2n) is 7.23. The summed E-state index contributed by atoms with van der Waals surface area (Å²) in [4.78, 5) is 48.6. The molecule has 2 heterocycles. The van der Waals surface area contributed by atoms with Crippen LogP contribution >= 0.6 is 0 Å². The van der Waals surface area contributed by atoms with Crippen LogP contribution in [0, 0.1) is 0 Å². The molecule has 0 aliphatic heterocycles. The van der Waals surface area contributed by atoms with Crippen molar-refractivity contribution >= 4 is 23.7 Å². The number of carboxylic acid groups (broad SMARTS) is 1. The van der Waals surface area contributed by atoms with Gasteiger partial charge < -0.3 is 36.8 Å². The molecule has 0 radical (unpaired) electrons. The average molecular weight is 451 g/mol. The summed E-state index contributed by atoms with van der Waals surface area (Å²) in [6, 6.07) is -0.773. The maximum absolute atomic E-state index is 11.4. The lowest BCUT2D eigenvalue weighted by molar-refractivity contribution is -0.137. The molecule has 0 spiro atoms. The Morgan fingerprint density at radius 3 is 2.53 bits per heavy atom. The number of imidazole rings is 2. The topological polar surface area (TPSA) is 196 Å². The Kier molecular flexibility index (Phi) is 12.1. The fourth-order valence-corrected chi connectivity index (χ4v) is 2.60. The number of hydrogen-bond acceptors (Lipinski definition) is 7. The Hall–Kier alpha value is -3.41. The highest BCUT2D eigenvalue weighted by molar-refractivity contribution is 5.82. The molecule has 0 aliphatic carbocycles. The number of aliphatic carboxylic acids is 1. The van der Waals surface area contributed by atoms with Gasteiger partial charge in [0.2, 0.25) is 11.8 Å². The summed E-state index contributed by atoms with van der Waals surface area (Å²) in [5.41, 5.74) is 12.7. The van der Waals surface area contributed by atoms with E-state index in [9.17, 15) is 14.4 Å². The molecule has 0 saturated heterocycles. The third-order valence-electron chi connectivity index (χ3n) is 4.48. The molecule has 0 unspecified atom stereocenters. The zero-order chi connectivity index (χ0) is 23.9. The van der Waals surface area contributed by atoms with Crippen LogP contribution in [0.1, 0.15) is 44.0 Å². The maximum Gasteiger partial charge on any atom is 0.303 e. The van der Waals surface area contributed by atoms with E-state index in [2.05, 4.69) is 25.3 Å². The molecule has 0 saturated carbocycles. The first-order valence-corrected chi connectivity index (χ1v) is 10.5. The number of amides is 2. The van der Waals surface area contributed by atoms with Crippen molar-refractivity contribution in [2.75, 3.05) is 25.9 Å². The van der Waals surface area contributed by atoms with E-state index in [-0.39, 0.29) is 24.7 Å². The van der Waals surface area contributed by atoms with Gasteiger partial charge in [0.25, 0.3) is 0 Å². The molecule has 0 fully saturated rings. The van der Waals surface area contributed by atoms with Gasteiger partial charge in [-0.3, -0.25) is 14.4 Å². The Labute approximate surface area is 187 Å². The molecule has 1 atom stereocenters. The summed E-state index contributed by atoms with van der Waals surface area (Å²) >= 11 is 0. The van der Waals surface area contributed by atoms with Gasteiger partial charge in [-0.05, 0) is 12.8 Å². The summed E-state index contributed by atoms with van der Waals surface area (Å²) in [5, 5.41) is 11.1. The smallest absolute Gasteiger partial charge is 0.303 e. The number of hydrogen-bond donors (Lipinski definition) is 6. The Balaban J connectivity index is 0.000000323. The lowest BCUT2D eigenvalue weighted by Crippen LogP contribution is -2.41. The molecule has 0 aliphatic rings. The van der Waals surface area contributed by atoms with Crippen LogP contribution in [-0.2, 0) is 27.2 Å². The van der Waals surface area contributed by atoms with Crippen LogP contribution in [0.4, 0.5) is 5.95 Å². The van der Waals surface area contributed by atoms with E-state index in [0.717, 1.165) is 24.2 Å².